The molecule has 2 rings (SSSR count). The monoisotopic (exact) mass is 321 g/mol. The average Bonchev–Trinajstić information content (AvgIpc) is 2.89. The fraction of sp³-hybridized carbons (Fsp3) is 0.286. The van der Waals surface area contributed by atoms with Crippen LogP contribution >= 0.6 is 15.9 Å². The highest BCUT2D eigenvalue weighted by atomic mass is 79.9. The molecule has 5 heteroatoms. The van der Waals surface area contributed by atoms with Crippen molar-refractivity contribution in [2.75, 3.05) is 7.05 Å². The zero-order chi connectivity index (χ0) is 13.7. The summed E-state index contributed by atoms with van der Waals surface area (Å²) < 4.78 is 1.05. The van der Waals surface area contributed by atoms with Crippen LogP contribution in [0.4, 0.5) is 0 Å². The van der Waals surface area contributed by atoms with Crippen LogP contribution in [0.5, 0.6) is 0 Å². The molecule has 0 saturated heterocycles. The van der Waals surface area contributed by atoms with Crippen molar-refractivity contribution in [1.82, 2.24) is 15.1 Å². The Hall–Kier alpha value is -1.62. The van der Waals surface area contributed by atoms with Gasteiger partial charge < -0.3 is 4.90 Å². The van der Waals surface area contributed by atoms with Gasteiger partial charge in [-0.1, -0.05) is 28.1 Å². The van der Waals surface area contributed by atoms with Gasteiger partial charge in [-0.2, -0.15) is 5.10 Å². The van der Waals surface area contributed by atoms with Crippen molar-refractivity contribution in [1.29, 1.82) is 0 Å². The molecule has 4 nitrogen and oxygen atoms in total. The van der Waals surface area contributed by atoms with Crippen molar-refractivity contribution in [2.24, 2.45) is 0 Å². The van der Waals surface area contributed by atoms with E-state index in [1.165, 1.54) is 5.56 Å². The normalized spacial score (nSPS) is 10.4. The number of halogens is 1. The summed E-state index contributed by atoms with van der Waals surface area (Å²) in [5.74, 6) is 0.140. The number of hydrogen-bond donors (Lipinski definition) is 1. The Morgan fingerprint density at radius 1 is 1.42 bits per heavy atom. The molecule has 0 aliphatic carbocycles. The Kier molecular flexibility index (Phi) is 4.74. The lowest BCUT2D eigenvalue weighted by molar-refractivity contribution is -0.130. The van der Waals surface area contributed by atoms with Crippen LogP contribution in [-0.4, -0.2) is 28.1 Å². The number of rotatable bonds is 5. The number of aromatic amines is 1. The summed E-state index contributed by atoms with van der Waals surface area (Å²) in [5, 5.41) is 6.61. The van der Waals surface area contributed by atoms with Gasteiger partial charge in [-0.25, -0.2) is 0 Å². The predicted molar refractivity (Wildman–Crippen MR) is 77.5 cm³/mol. The number of aryl methyl sites for hydroxylation is 1. The molecule has 1 N–H and O–H groups in total. The SMILES string of the molecule is CN(Cc1cn[nH]c1)C(=O)CCc1cccc(Br)c1. The first-order valence-corrected chi connectivity index (χ1v) is 6.90. The largest absolute Gasteiger partial charge is 0.341 e. The maximum atomic E-state index is 12.0. The van der Waals surface area contributed by atoms with E-state index in [4.69, 9.17) is 0 Å². The molecule has 19 heavy (non-hydrogen) atoms. The predicted octanol–water partition coefficient (Wildman–Crippen LogP) is 2.76. The van der Waals surface area contributed by atoms with Crippen LogP contribution in [0.1, 0.15) is 17.5 Å². The molecular weight excluding hydrogens is 306 g/mol. The van der Waals surface area contributed by atoms with Crippen molar-refractivity contribution in [3.63, 3.8) is 0 Å². The minimum Gasteiger partial charge on any atom is -0.341 e. The lowest BCUT2D eigenvalue weighted by Gasteiger charge is -2.16. The summed E-state index contributed by atoms with van der Waals surface area (Å²) in [6.45, 7) is 0.591. The quantitative estimate of drug-likeness (QED) is 0.920. The van der Waals surface area contributed by atoms with Crippen LogP contribution in [0.2, 0.25) is 0 Å². The zero-order valence-corrected chi connectivity index (χ0v) is 12.4. The molecular formula is C14H16BrN3O. The van der Waals surface area contributed by atoms with Crippen LogP contribution in [0, 0.1) is 0 Å². The van der Waals surface area contributed by atoms with Crippen molar-refractivity contribution in [3.05, 3.63) is 52.3 Å². The number of carbonyl (C=O) groups excluding carboxylic acids is 1. The van der Waals surface area contributed by atoms with Crippen LogP contribution in [0.3, 0.4) is 0 Å². The molecule has 1 aromatic carbocycles. The number of carbonyl (C=O) groups is 1. The molecule has 1 amide bonds. The molecule has 0 atom stereocenters. The van der Waals surface area contributed by atoms with Crippen molar-refractivity contribution in [2.45, 2.75) is 19.4 Å². The van der Waals surface area contributed by atoms with E-state index in [0.29, 0.717) is 13.0 Å². The third-order valence-corrected chi connectivity index (χ3v) is 3.41. The third-order valence-electron chi connectivity index (χ3n) is 2.92. The van der Waals surface area contributed by atoms with E-state index in [2.05, 4.69) is 26.1 Å². The van der Waals surface area contributed by atoms with Gasteiger partial charge in [0.2, 0.25) is 5.91 Å². The fourth-order valence-corrected chi connectivity index (χ4v) is 2.31. The van der Waals surface area contributed by atoms with Crippen LogP contribution in [0.15, 0.2) is 41.1 Å². The Morgan fingerprint density at radius 2 is 2.26 bits per heavy atom. The molecule has 0 aliphatic rings. The Morgan fingerprint density at radius 3 is 2.95 bits per heavy atom. The highest BCUT2D eigenvalue weighted by Gasteiger charge is 2.10. The molecule has 2 aromatic rings. The topological polar surface area (TPSA) is 49.0 Å². The molecule has 1 aromatic heterocycles. The summed E-state index contributed by atoms with van der Waals surface area (Å²) in [6.07, 6.45) is 4.81. The second-order valence-corrected chi connectivity index (χ2v) is 5.40. The maximum Gasteiger partial charge on any atom is 0.222 e. The lowest BCUT2D eigenvalue weighted by Crippen LogP contribution is -2.26. The van der Waals surface area contributed by atoms with Gasteiger partial charge in [-0.3, -0.25) is 9.89 Å². The number of aromatic nitrogens is 2. The summed E-state index contributed by atoms with van der Waals surface area (Å²) in [7, 11) is 1.82. The molecule has 100 valence electrons. The number of amides is 1. The number of hydrogen-bond acceptors (Lipinski definition) is 2. The van der Waals surface area contributed by atoms with E-state index in [-0.39, 0.29) is 5.91 Å². The van der Waals surface area contributed by atoms with E-state index in [9.17, 15) is 4.79 Å². The summed E-state index contributed by atoms with van der Waals surface area (Å²) in [5.41, 5.74) is 2.18. The molecule has 0 bridgehead atoms. The second kappa shape index (κ2) is 6.52. The van der Waals surface area contributed by atoms with E-state index in [0.717, 1.165) is 16.5 Å². The Bertz CT molecular complexity index is 539. The van der Waals surface area contributed by atoms with Crippen LogP contribution in [-0.2, 0) is 17.8 Å². The summed E-state index contributed by atoms with van der Waals surface area (Å²) >= 11 is 3.43. The minimum atomic E-state index is 0.140. The van der Waals surface area contributed by atoms with Gasteiger partial charge in [0.15, 0.2) is 0 Å². The Balaban J connectivity index is 1.84. The zero-order valence-electron chi connectivity index (χ0n) is 10.8. The lowest BCUT2D eigenvalue weighted by atomic mass is 10.1. The van der Waals surface area contributed by atoms with Gasteiger partial charge >= 0.3 is 0 Å². The first kappa shape index (κ1) is 13.8. The van der Waals surface area contributed by atoms with Crippen molar-refractivity contribution >= 4 is 21.8 Å². The average molecular weight is 322 g/mol. The number of H-pyrrole nitrogens is 1. The smallest absolute Gasteiger partial charge is 0.222 e. The first-order chi connectivity index (χ1) is 9.15. The molecule has 0 fully saturated rings. The van der Waals surface area contributed by atoms with E-state index < -0.39 is 0 Å². The summed E-state index contributed by atoms with van der Waals surface area (Å²) in [6, 6.07) is 8.05. The molecule has 0 saturated carbocycles. The molecule has 0 spiro atoms. The van der Waals surface area contributed by atoms with Crippen molar-refractivity contribution < 1.29 is 4.79 Å². The third kappa shape index (κ3) is 4.21. The van der Waals surface area contributed by atoms with Crippen LogP contribution in [0.25, 0.3) is 0 Å². The van der Waals surface area contributed by atoms with E-state index in [1.807, 2.05) is 31.3 Å². The standard InChI is InChI=1S/C14H16BrN3O/c1-18(10-12-8-16-17-9-12)14(19)6-5-11-3-2-4-13(15)7-11/h2-4,7-9H,5-6,10H2,1H3,(H,16,17). The van der Waals surface area contributed by atoms with Crippen LogP contribution < -0.4 is 0 Å². The van der Waals surface area contributed by atoms with Gasteiger partial charge in [-0.15, -0.1) is 0 Å². The highest BCUT2D eigenvalue weighted by Crippen LogP contribution is 2.13. The molecule has 0 radical (unpaired) electrons. The molecule has 1 heterocycles. The van der Waals surface area contributed by atoms with E-state index >= 15 is 0 Å². The van der Waals surface area contributed by atoms with Gasteiger partial charge in [0.05, 0.1) is 6.20 Å². The number of nitrogens with one attached hydrogen (secondary N) is 1. The molecule has 0 unspecified atom stereocenters. The fourth-order valence-electron chi connectivity index (χ4n) is 1.86. The first-order valence-electron chi connectivity index (χ1n) is 6.11. The minimum absolute atomic E-state index is 0.140. The summed E-state index contributed by atoms with van der Waals surface area (Å²) in [4.78, 5) is 13.7. The van der Waals surface area contributed by atoms with E-state index in [1.54, 1.807) is 17.3 Å². The maximum absolute atomic E-state index is 12.0. The Labute approximate surface area is 120 Å². The van der Waals surface area contributed by atoms with Gasteiger partial charge in [0.1, 0.15) is 0 Å². The number of nitrogens with zero attached hydrogens (tertiary/aromatic N) is 2. The van der Waals surface area contributed by atoms with Gasteiger partial charge in [0, 0.05) is 36.2 Å². The molecule has 0 aliphatic heterocycles. The van der Waals surface area contributed by atoms with Crippen molar-refractivity contribution in [3.8, 4) is 0 Å². The highest BCUT2D eigenvalue weighted by molar-refractivity contribution is 9.10. The van der Waals surface area contributed by atoms with Gasteiger partial charge in [0.25, 0.3) is 0 Å². The number of benzene rings is 1. The second-order valence-electron chi connectivity index (χ2n) is 4.49. The van der Waals surface area contributed by atoms with Gasteiger partial charge in [-0.05, 0) is 24.1 Å².